The average Bonchev–Trinajstić information content (AvgIpc) is 3.30. The van der Waals surface area contributed by atoms with Crippen molar-refractivity contribution in [3.8, 4) is 5.69 Å². The molecule has 0 N–H and O–H groups in total. The van der Waals surface area contributed by atoms with Crippen molar-refractivity contribution in [3.05, 3.63) is 107 Å². The van der Waals surface area contributed by atoms with Crippen molar-refractivity contribution in [3.63, 3.8) is 0 Å². The number of nitrogens with zero attached hydrogens (tertiary/aromatic N) is 4. The minimum atomic E-state index is -1.27. The van der Waals surface area contributed by atoms with Crippen LogP contribution in [0.25, 0.3) is 5.69 Å². The first kappa shape index (κ1) is 26.3. The first-order valence-electron chi connectivity index (χ1n) is 11.3. The highest BCUT2D eigenvalue weighted by molar-refractivity contribution is 7.98. The summed E-state index contributed by atoms with van der Waals surface area (Å²) in [6.45, 7) is 0.323. The van der Waals surface area contributed by atoms with E-state index in [1.54, 1.807) is 7.05 Å². The number of benzene rings is 3. The van der Waals surface area contributed by atoms with Crippen molar-refractivity contribution < 1.29 is 22.4 Å². The van der Waals surface area contributed by atoms with Crippen LogP contribution in [0, 0.1) is 23.3 Å². The highest BCUT2D eigenvalue weighted by atomic mass is 32.2. The molecule has 0 saturated carbocycles. The topological polar surface area (TPSA) is 41.4 Å². The van der Waals surface area contributed by atoms with Crippen molar-refractivity contribution in [2.75, 3.05) is 26.0 Å². The molecule has 0 unspecified atom stereocenters. The SMILES string of the molecule is CN(Cc1ccc(N(C)C)cc1)C(=O)c1cnc(SCc2c(F)ccc(F)c2F)n1-c1ccc(F)cc1. The van der Waals surface area contributed by atoms with E-state index in [2.05, 4.69) is 4.98 Å². The van der Waals surface area contributed by atoms with Crippen molar-refractivity contribution >= 4 is 23.4 Å². The standard InChI is InChI=1S/C27H24F4N4OS/c1-33(2)19-8-4-17(5-9-19)15-34(3)26(36)24-14-32-27(35(24)20-10-6-18(28)7-11-20)37-16-21-22(29)12-13-23(30)25(21)31/h4-14H,15-16H2,1-3H3. The Bertz CT molecular complexity index is 1410. The molecule has 1 heterocycles. The Morgan fingerprint density at radius 3 is 2.19 bits per heavy atom. The summed E-state index contributed by atoms with van der Waals surface area (Å²) in [6, 6.07) is 14.8. The second kappa shape index (κ2) is 11.1. The number of carbonyl (C=O) groups is 1. The Kier molecular flexibility index (Phi) is 7.87. The van der Waals surface area contributed by atoms with E-state index < -0.39 is 28.8 Å². The third-order valence-corrected chi connectivity index (χ3v) is 6.72. The third kappa shape index (κ3) is 5.80. The smallest absolute Gasteiger partial charge is 0.272 e. The second-order valence-corrected chi connectivity index (χ2v) is 9.51. The summed E-state index contributed by atoms with van der Waals surface area (Å²) in [6.07, 6.45) is 1.36. The monoisotopic (exact) mass is 528 g/mol. The zero-order valence-corrected chi connectivity index (χ0v) is 21.2. The Hall–Kier alpha value is -3.79. The molecule has 0 aliphatic rings. The molecule has 0 bridgehead atoms. The summed E-state index contributed by atoms with van der Waals surface area (Å²) >= 11 is 0.930. The molecule has 5 nitrogen and oxygen atoms in total. The molecule has 0 aliphatic heterocycles. The molecular weight excluding hydrogens is 504 g/mol. The third-order valence-electron chi connectivity index (χ3n) is 5.74. The van der Waals surface area contributed by atoms with Crippen molar-refractivity contribution in [2.45, 2.75) is 17.5 Å². The van der Waals surface area contributed by atoms with Crippen molar-refractivity contribution in [1.29, 1.82) is 0 Å². The molecule has 0 saturated heterocycles. The number of hydrogen-bond acceptors (Lipinski definition) is 4. The van der Waals surface area contributed by atoms with E-state index in [0.717, 1.165) is 35.1 Å². The maximum absolute atomic E-state index is 14.2. The van der Waals surface area contributed by atoms with Crippen LogP contribution in [0.15, 0.2) is 72.0 Å². The Balaban J connectivity index is 1.63. The summed E-state index contributed by atoms with van der Waals surface area (Å²) in [4.78, 5) is 21.2. The quantitative estimate of drug-likeness (QED) is 0.158. The van der Waals surface area contributed by atoms with Gasteiger partial charge in [0.05, 0.1) is 6.20 Å². The van der Waals surface area contributed by atoms with Gasteiger partial charge >= 0.3 is 0 Å². The lowest BCUT2D eigenvalue weighted by molar-refractivity contribution is 0.0776. The largest absolute Gasteiger partial charge is 0.378 e. The van der Waals surface area contributed by atoms with Gasteiger partial charge in [0, 0.05) is 50.4 Å². The zero-order valence-electron chi connectivity index (χ0n) is 20.4. The molecule has 0 radical (unpaired) electrons. The number of carbonyl (C=O) groups excluding carboxylic acids is 1. The fourth-order valence-electron chi connectivity index (χ4n) is 3.71. The van der Waals surface area contributed by atoms with Crippen LogP contribution in [0.5, 0.6) is 0 Å². The van der Waals surface area contributed by atoms with E-state index in [0.29, 0.717) is 12.2 Å². The first-order chi connectivity index (χ1) is 17.7. The lowest BCUT2D eigenvalue weighted by atomic mass is 10.2. The summed E-state index contributed by atoms with van der Waals surface area (Å²) in [5.74, 6) is -4.41. The minimum Gasteiger partial charge on any atom is -0.378 e. The molecule has 192 valence electrons. The van der Waals surface area contributed by atoms with Crippen LogP contribution in [0.3, 0.4) is 0 Å². The molecule has 10 heteroatoms. The molecule has 0 fully saturated rings. The van der Waals surface area contributed by atoms with Gasteiger partial charge in [-0.15, -0.1) is 0 Å². The second-order valence-electron chi connectivity index (χ2n) is 8.57. The molecule has 1 aromatic heterocycles. The number of anilines is 1. The number of halogens is 4. The molecule has 0 spiro atoms. The van der Waals surface area contributed by atoms with Crippen LogP contribution in [0.1, 0.15) is 21.6 Å². The van der Waals surface area contributed by atoms with Gasteiger partial charge in [-0.1, -0.05) is 23.9 Å². The van der Waals surface area contributed by atoms with Gasteiger partial charge in [-0.3, -0.25) is 9.36 Å². The van der Waals surface area contributed by atoms with Gasteiger partial charge in [-0.25, -0.2) is 22.5 Å². The Morgan fingerprint density at radius 2 is 1.54 bits per heavy atom. The van der Waals surface area contributed by atoms with E-state index in [-0.39, 0.29) is 22.5 Å². The summed E-state index contributed by atoms with van der Waals surface area (Å²) < 4.78 is 57.1. The van der Waals surface area contributed by atoms with Gasteiger partial charge in [0.1, 0.15) is 17.3 Å². The van der Waals surface area contributed by atoms with Crippen LogP contribution >= 0.6 is 11.8 Å². The maximum Gasteiger partial charge on any atom is 0.272 e. The van der Waals surface area contributed by atoms with Crippen LogP contribution < -0.4 is 4.90 Å². The van der Waals surface area contributed by atoms with Gasteiger partial charge in [0.2, 0.25) is 0 Å². The lowest BCUT2D eigenvalue weighted by Crippen LogP contribution is -2.28. The van der Waals surface area contributed by atoms with Crippen LogP contribution in [-0.4, -0.2) is 41.5 Å². The van der Waals surface area contributed by atoms with Gasteiger partial charge in [-0.05, 0) is 54.1 Å². The summed E-state index contributed by atoms with van der Waals surface area (Å²) in [5.41, 5.74) is 2.13. The predicted molar refractivity (Wildman–Crippen MR) is 136 cm³/mol. The van der Waals surface area contributed by atoms with E-state index in [1.165, 1.54) is 39.9 Å². The highest BCUT2D eigenvalue weighted by Crippen LogP contribution is 2.30. The molecule has 3 aromatic carbocycles. The number of rotatable bonds is 8. The van der Waals surface area contributed by atoms with E-state index in [1.807, 2.05) is 43.3 Å². The van der Waals surface area contributed by atoms with Gasteiger partial charge < -0.3 is 9.80 Å². The molecule has 37 heavy (non-hydrogen) atoms. The van der Waals surface area contributed by atoms with Crippen molar-refractivity contribution in [2.24, 2.45) is 0 Å². The van der Waals surface area contributed by atoms with Gasteiger partial charge in [0.15, 0.2) is 16.8 Å². The van der Waals surface area contributed by atoms with Gasteiger partial charge in [0.25, 0.3) is 5.91 Å². The van der Waals surface area contributed by atoms with E-state index >= 15 is 0 Å². The molecule has 0 aliphatic carbocycles. The minimum absolute atomic E-state index is 0.182. The Morgan fingerprint density at radius 1 is 0.892 bits per heavy atom. The predicted octanol–water partition coefficient (Wildman–Crippen LogP) is 6.06. The Labute approximate surface area is 216 Å². The molecule has 4 aromatic rings. The molecule has 4 rings (SSSR count). The normalized spacial score (nSPS) is 11.0. The van der Waals surface area contributed by atoms with Crippen molar-refractivity contribution in [1.82, 2.24) is 14.5 Å². The summed E-state index contributed by atoms with van der Waals surface area (Å²) in [5, 5.41) is 0.238. The molecule has 1 amide bonds. The molecular formula is C27H24F4N4OS. The maximum atomic E-state index is 14.2. The van der Waals surface area contributed by atoms with E-state index in [9.17, 15) is 22.4 Å². The van der Waals surface area contributed by atoms with Crippen LogP contribution in [-0.2, 0) is 12.3 Å². The van der Waals surface area contributed by atoms with Gasteiger partial charge in [-0.2, -0.15) is 0 Å². The average molecular weight is 529 g/mol. The zero-order chi connectivity index (χ0) is 26.7. The number of amides is 1. The first-order valence-corrected chi connectivity index (χ1v) is 12.2. The fourth-order valence-corrected chi connectivity index (χ4v) is 4.70. The number of imidazole rings is 1. The van der Waals surface area contributed by atoms with Crippen LogP contribution in [0.4, 0.5) is 23.2 Å². The number of aromatic nitrogens is 2. The molecule has 0 atom stereocenters. The summed E-state index contributed by atoms with van der Waals surface area (Å²) in [7, 11) is 5.52. The number of thioether (sulfide) groups is 1. The highest BCUT2D eigenvalue weighted by Gasteiger charge is 2.23. The lowest BCUT2D eigenvalue weighted by Gasteiger charge is -2.20. The number of hydrogen-bond donors (Lipinski definition) is 0. The van der Waals surface area contributed by atoms with E-state index in [4.69, 9.17) is 0 Å². The van der Waals surface area contributed by atoms with Crippen LogP contribution in [0.2, 0.25) is 0 Å². The fraction of sp³-hybridized carbons (Fsp3) is 0.185.